The van der Waals surface area contributed by atoms with Crippen LogP contribution in [0.15, 0.2) is 24.3 Å². The smallest absolute Gasteiger partial charge is 0.251 e. The Morgan fingerprint density at radius 2 is 2.44 bits per heavy atom. The number of nitriles is 1. The molecule has 1 heterocycles. The van der Waals surface area contributed by atoms with Crippen molar-refractivity contribution < 1.29 is 4.79 Å². The van der Waals surface area contributed by atoms with Gasteiger partial charge >= 0.3 is 0 Å². The molecular weight excluding hydrogens is 202 g/mol. The molecule has 2 N–H and O–H groups in total. The average Bonchev–Trinajstić information content (AvgIpc) is 2.82. The van der Waals surface area contributed by atoms with E-state index in [1.165, 1.54) is 0 Å². The normalized spacial score (nSPS) is 19.1. The van der Waals surface area contributed by atoms with Gasteiger partial charge in [-0.1, -0.05) is 6.07 Å². The Bertz CT molecular complexity index is 430. The lowest BCUT2D eigenvalue weighted by molar-refractivity contribution is 0.0940. The molecule has 0 aromatic heterocycles. The minimum Gasteiger partial charge on any atom is -0.348 e. The molecule has 0 spiro atoms. The minimum absolute atomic E-state index is 0.106. The summed E-state index contributed by atoms with van der Waals surface area (Å²) in [5.74, 6) is -0.106. The molecule has 4 heteroatoms. The summed E-state index contributed by atoms with van der Waals surface area (Å²) in [6.07, 6.45) is 0.962. The van der Waals surface area contributed by atoms with Crippen molar-refractivity contribution in [3.63, 3.8) is 0 Å². The Balaban J connectivity index is 2.05. The van der Waals surface area contributed by atoms with E-state index in [1.54, 1.807) is 24.3 Å². The van der Waals surface area contributed by atoms with Gasteiger partial charge in [-0.05, 0) is 31.2 Å². The highest BCUT2D eigenvalue weighted by atomic mass is 16.1. The lowest BCUT2D eigenvalue weighted by atomic mass is 10.1. The summed E-state index contributed by atoms with van der Waals surface area (Å²) in [7, 11) is 0. The predicted molar refractivity (Wildman–Crippen MR) is 59.9 cm³/mol. The van der Waals surface area contributed by atoms with Crippen LogP contribution in [-0.2, 0) is 0 Å². The van der Waals surface area contributed by atoms with Gasteiger partial charge in [-0.2, -0.15) is 5.26 Å². The molecule has 82 valence electrons. The van der Waals surface area contributed by atoms with E-state index in [4.69, 9.17) is 5.26 Å². The van der Waals surface area contributed by atoms with Crippen LogP contribution in [0.5, 0.6) is 0 Å². The van der Waals surface area contributed by atoms with Crippen molar-refractivity contribution in [2.45, 2.75) is 12.5 Å². The maximum Gasteiger partial charge on any atom is 0.251 e. The minimum atomic E-state index is -0.106. The van der Waals surface area contributed by atoms with E-state index in [9.17, 15) is 4.79 Å². The molecule has 1 amide bonds. The fourth-order valence-electron chi connectivity index (χ4n) is 1.78. The number of carbonyl (C=O) groups is 1. The number of hydrogen-bond donors (Lipinski definition) is 2. The first-order chi connectivity index (χ1) is 7.79. The molecule has 1 aliphatic rings. The van der Waals surface area contributed by atoms with Crippen LogP contribution in [0.4, 0.5) is 0 Å². The second-order valence-electron chi connectivity index (χ2n) is 3.86. The van der Waals surface area contributed by atoms with Crippen LogP contribution < -0.4 is 10.6 Å². The molecule has 0 aliphatic carbocycles. The quantitative estimate of drug-likeness (QED) is 0.761. The topological polar surface area (TPSA) is 64.9 Å². The second-order valence-corrected chi connectivity index (χ2v) is 3.86. The van der Waals surface area contributed by atoms with Gasteiger partial charge in [0.2, 0.25) is 0 Å². The number of carbonyl (C=O) groups excluding carboxylic acids is 1. The molecule has 1 unspecified atom stereocenters. The monoisotopic (exact) mass is 215 g/mol. The molecule has 1 aromatic carbocycles. The first kappa shape index (κ1) is 10.7. The fraction of sp³-hybridized carbons (Fsp3) is 0.333. The Morgan fingerprint density at radius 1 is 1.56 bits per heavy atom. The van der Waals surface area contributed by atoms with Gasteiger partial charge in [-0.25, -0.2) is 0 Å². The van der Waals surface area contributed by atoms with Gasteiger partial charge in [-0.15, -0.1) is 0 Å². The van der Waals surface area contributed by atoms with Gasteiger partial charge in [-0.3, -0.25) is 4.79 Å². The number of hydrogen-bond acceptors (Lipinski definition) is 3. The van der Waals surface area contributed by atoms with Crippen LogP contribution in [0.25, 0.3) is 0 Å². The van der Waals surface area contributed by atoms with Crippen LogP contribution in [0.1, 0.15) is 22.3 Å². The SMILES string of the molecule is N#Cc1cccc(C(=O)NC2CCNC2)c1. The maximum atomic E-state index is 11.8. The first-order valence-corrected chi connectivity index (χ1v) is 5.31. The summed E-state index contributed by atoms with van der Waals surface area (Å²) in [6, 6.07) is 8.97. The molecule has 1 aliphatic heterocycles. The third-order valence-electron chi connectivity index (χ3n) is 2.65. The zero-order valence-electron chi connectivity index (χ0n) is 8.86. The van der Waals surface area contributed by atoms with E-state index in [0.29, 0.717) is 11.1 Å². The van der Waals surface area contributed by atoms with Gasteiger partial charge < -0.3 is 10.6 Å². The largest absolute Gasteiger partial charge is 0.348 e. The number of nitrogens with zero attached hydrogens (tertiary/aromatic N) is 1. The number of rotatable bonds is 2. The highest BCUT2D eigenvalue weighted by molar-refractivity contribution is 5.94. The maximum absolute atomic E-state index is 11.8. The number of benzene rings is 1. The van der Waals surface area contributed by atoms with Crippen LogP contribution >= 0.6 is 0 Å². The standard InChI is InChI=1S/C12H13N3O/c13-7-9-2-1-3-10(6-9)12(16)15-11-4-5-14-8-11/h1-3,6,11,14H,4-5,8H2,(H,15,16). The van der Waals surface area contributed by atoms with Crippen LogP contribution in [0.3, 0.4) is 0 Å². The predicted octanol–water partition coefficient (Wildman–Crippen LogP) is 0.650. The summed E-state index contributed by atoms with van der Waals surface area (Å²) in [4.78, 5) is 11.8. The third-order valence-corrected chi connectivity index (χ3v) is 2.65. The summed E-state index contributed by atoms with van der Waals surface area (Å²) >= 11 is 0. The summed E-state index contributed by atoms with van der Waals surface area (Å²) < 4.78 is 0. The molecule has 2 rings (SSSR count). The summed E-state index contributed by atoms with van der Waals surface area (Å²) in [5, 5.41) is 14.9. The number of nitrogens with one attached hydrogen (secondary N) is 2. The second kappa shape index (κ2) is 4.77. The zero-order chi connectivity index (χ0) is 11.4. The van der Waals surface area contributed by atoms with Crippen molar-refractivity contribution >= 4 is 5.91 Å². The van der Waals surface area contributed by atoms with E-state index in [1.807, 2.05) is 6.07 Å². The first-order valence-electron chi connectivity index (χ1n) is 5.31. The van der Waals surface area contributed by atoms with Crippen molar-refractivity contribution in [1.29, 1.82) is 5.26 Å². The molecule has 1 fully saturated rings. The molecule has 1 aromatic rings. The molecule has 16 heavy (non-hydrogen) atoms. The van der Waals surface area contributed by atoms with E-state index in [-0.39, 0.29) is 11.9 Å². The molecule has 4 nitrogen and oxygen atoms in total. The Kier molecular flexibility index (Phi) is 3.18. The lowest BCUT2D eigenvalue weighted by Gasteiger charge is -2.11. The van der Waals surface area contributed by atoms with Crippen molar-refractivity contribution in [1.82, 2.24) is 10.6 Å². The van der Waals surface area contributed by atoms with Gasteiger partial charge in [0.25, 0.3) is 5.91 Å². The highest BCUT2D eigenvalue weighted by Crippen LogP contribution is 2.05. The molecular formula is C12H13N3O. The lowest BCUT2D eigenvalue weighted by Crippen LogP contribution is -2.36. The third kappa shape index (κ3) is 2.38. The Hall–Kier alpha value is -1.86. The van der Waals surface area contributed by atoms with Crippen molar-refractivity contribution in [3.05, 3.63) is 35.4 Å². The Labute approximate surface area is 94.3 Å². The van der Waals surface area contributed by atoms with Crippen molar-refractivity contribution in [2.24, 2.45) is 0 Å². The van der Waals surface area contributed by atoms with E-state index < -0.39 is 0 Å². The van der Waals surface area contributed by atoms with Crippen LogP contribution in [0, 0.1) is 11.3 Å². The van der Waals surface area contributed by atoms with Gasteiger partial charge in [0.05, 0.1) is 11.6 Å². The van der Waals surface area contributed by atoms with E-state index >= 15 is 0 Å². The highest BCUT2D eigenvalue weighted by Gasteiger charge is 2.17. The van der Waals surface area contributed by atoms with Crippen molar-refractivity contribution in [2.75, 3.05) is 13.1 Å². The van der Waals surface area contributed by atoms with Crippen LogP contribution in [-0.4, -0.2) is 25.0 Å². The van der Waals surface area contributed by atoms with Gasteiger partial charge in [0.15, 0.2) is 0 Å². The Morgan fingerprint density at radius 3 is 3.12 bits per heavy atom. The average molecular weight is 215 g/mol. The zero-order valence-corrected chi connectivity index (χ0v) is 8.86. The van der Waals surface area contributed by atoms with Gasteiger partial charge in [0.1, 0.15) is 0 Å². The number of amides is 1. The van der Waals surface area contributed by atoms with Gasteiger partial charge in [0, 0.05) is 18.2 Å². The molecule has 1 saturated heterocycles. The molecule has 0 radical (unpaired) electrons. The van der Waals surface area contributed by atoms with E-state index in [2.05, 4.69) is 10.6 Å². The summed E-state index contributed by atoms with van der Waals surface area (Å²) in [5.41, 5.74) is 1.06. The van der Waals surface area contributed by atoms with Crippen LogP contribution in [0.2, 0.25) is 0 Å². The van der Waals surface area contributed by atoms with E-state index in [0.717, 1.165) is 19.5 Å². The molecule has 1 atom stereocenters. The van der Waals surface area contributed by atoms with Crippen molar-refractivity contribution in [3.8, 4) is 6.07 Å². The fourth-order valence-corrected chi connectivity index (χ4v) is 1.78. The summed E-state index contributed by atoms with van der Waals surface area (Å²) in [6.45, 7) is 1.77. The molecule has 0 saturated carbocycles. The molecule has 0 bridgehead atoms.